The van der Waals surface area contributed by atoms with Gasteiger partial charge >= 0.3 is 19.8 Å². The maximum atomic E-state index is 12.3. The number of allylic oxidation sites excluding steroid dienone is 6. The zero-order valence-electron chi connectivity index (χ0n) is 36.6. The Hall–Kier alpha value is -2.30. The molecule has 338 valence electrons. The van der Waals surface area contributed by atoms with Crippen molar-refractivity contribution in [1.29, 1.82) is 0 Å². The highest BCUT2D eigenvalue weighted by Crippen LogP contribution is 2.43. The summed E-state index contributed by atoms with van der Waals surface area (Å²) < 4.78 is 26.9. The van der Waals surface area contributed by atoms with Gasteiger partial charge in [0, 0.05) is 12.8 Å². The Labute approximate surface area is 352 Å². The number of aliphatic hydroxyl groups excluding tert-OH is 1. The molecule has 0 saturated carbocycles. The summed E-state index contributed by atoms with van der Waals surface area (Å²) in [6.07, 6.45) is 44.4. The lowest BCUT2D eigenvalue weighted by Crippen LogP contribution is -2.43. The predicted octanol–water partition coefficient (Wildman–Crippen LogP) is 12.0. The van der Waals surface area contributed by atoms with Crippen LogP contribution in [0.5, 0.6) is 0 Å². The van der Waals surface area contributed by atoms with Crippen LogP contribution in [0.2, 0.25) is 0 Å². The van der Waals surface area contributed by atoms with Crippen molar-refractivity contribution < 1.29 is 47.8 Å². The third-order valence-electron chi connectivity index (χ3n) is 9.90. The van der Waals surface area contributed by atoms with Crippen LogP contribution in [0.4, 0.5) is 0 Å². The molecule has 0 bridgehead atoms. The van der Waals surface area contributed by atoms with E-state index in [4.69, 9.17) is 13.8 Å². The molecular weight excluding hydrogens is 757 g/mol. The summed E-state index contributed by atoms with van der Waals surface area (Å²) in [7, 11) is -4.76. The minimum atomic E-state index is -4.76. The molecule has 58 heavy (non-hydrogen) atoms. The maximum absolute atomic E-state index is 12.3. The van der Waals surface area contributed by atoms with E-state index in [1.807, 2.05) is 0 Å². The minimum absolute atomic E-state index is 0.140. The van der Waals surface area contributed by atoms with Crippen molar-refractivity contribution in [2.24, 2.45) is 0 Å². The molecular formula is C46H84NO10P. The smallest absolute Gasteiger partial charge is 0.472 e. The molecule has 0 aromatic carbocycles. The number of phosphoric acid groups is 1. The number of aliphatic carboxylic acids is 1. The molecule has 1 amide bonds. The molecule has 3 atom stereocenters. The third kappa shape index (κ3) is 40.5. The highest BCUT2D eigenvalue weighted by molar-refractivity contribution is 7.47. The van der Waals surface area contributed by atoms with Crippen molar-refractivity contribution in [3.63, 3.8) is 0 Å². The Morgan fingerprint density at radius 1 is 0.552 bits per heavy atom. The van der Waals surface area contributed by atoms with Crippen molar-refractivity contribution in [3.8, 4) is 0 Å². The van der Waals surface area contributed by atoms with Crippen LogP contribution in [0.15, 0.2) is 36.5 Å². The maximum Gasteiger partial charge on any atom is 0.472 e. The zero-order chi connectivity index (χ0) is 42.8. The highest BCUT2D eigenvalue weighted by atomic mass is 31.2. The fourth-order valence-corrected chi connectivity index (χ4v) is 7.05. The first kappa shape index (κ1) is 55.7. The second kappa shape index (κ2) is 41.4. The van der Waals surface area contributed by atoms with Crippen LogP contribution in [0.25, 0.3) is 0 Å². The van der Waals surface area contributed by atoms with Crippen molar-refractivity contribution in [3.05, 3.63) is 36.5 Å². The molecule has 0 fully saturated rings. The molecule has 0 aromatic heterocycles. The van der Waals surface area contributed by atoms with E-state index >= 15 is 0 Å². The van der Waals surface area contributed by atoms with Crippen LogP contribution < -0.4 is 5.32 Å². The summed E-state index contributed by atoms with van der Waals surface area (Å²) >= 11 is 0. The van der Waals surface area contributed by atoms with Crippen molar-refractivity contribution in [2.75, 3.05) is 19.8 Å². The highest BCUT2D eigenvalue weighted by Gasteiger charge is 2.28. The third-order valence-corrected chi connectivity index (χ3v) is 10.9. The van der Waals surface area contributed by atoms with E-state index in [1.165, 1.54) is 103 Å². The van der Waals surface area contributed by atoms with Gasteiger partial charge in [-0.3, -0.25) is 18.6 Å². The summed E-state index contributed by atoms with van der Waals surface area (Å²) in [5.74, 6) is -2.38. The molecule has 0 aromatic rings. The van der Waals surface area contributed by atoms with Crippen LogP contribution in [-0.2, 0) is 32.7 Å². The first-order chi connectivity index (χ1) is 28.1. The van der Waals surface area contributed by atoms with E-state index < -0.39 is 57.6 Å². The Balaban J connectivity index is 3.89. The average molecular weight is 842 g/mol. The van der Waals surface area contributed by atoms with Gasteiger partial charge in [-0.25, -0.2) is 9.36 Å². The fraction of sp³-hybridized carbons (Fsp3) is 0.804. The number of hydrogen-bond donors (Lipinski definition) is 4. The van der Waals surface area contributed by atoms with Gasteiger partial charge in [-0.15, -0.1) is 0 Å². The average Bonchev–Trinajstić information content (AvgIpc) is 3.20. The Morgan fingerprint density at radius 3 is 1.45 bits per heavy atom. The number of amides is 1. The molecule has 3 unspecified atom stereocenters. The number of carbonyl (C=O) groups excluding carboxylic acids is 2. The SMILES string of the molecule is CCCCC/C=C\C/C=C\CCCCCCCCCC(=O)OCC(O)COP(=O)(O)OCC(NC(=O)CCCCCCCCC/C=C\CCCCCCCC)C(=O)O. The molecule has 11 nitrogen and oxygen atoms in total. The van der Waals surface area contributed by atoms with Crippen molar-refractivity contribution in [2.45, 2.75) is 219 Å². The quantitative estimate of drug-likeness (QED) is 0.0201. The monoisotopic (exact) mass is 842 g/mol. The molecule has 0 saturated heterocycles. The first-order valence-electron chi connectivity index (χ1n) is 23.0. The van der Waals surface area contributed by atoms with Crippen LogP contribution in [0, 0.1) is 0 Å². The van der Waals surface area contributed by atoms with E-state index in [0.29, 0.717) is 12.8 Å². The normalized spacial score (nSPS) is 14.0. The van der Waals surface area contributed by atoms with Crippen molar-refractivity contribution >= 4 is 25.7 Å². The molecule has 12 heteroatoms. The van der Waals surface area contributed by atoms with Crippen LogP contribution in [-0.4, -0.2) is 64.9 Å². The van der Waals surface area contributed by atoms with Gasteiger partial charge < -0.3 is 25.2 Å². The summed E-state index contributed by atoms with van der Waals surface area (Å²) in [6, 6.07) is -1.55. The van der Waals surface area contributed by atoms with Crippen LogP contribution in [0.1, 0.15) is 206 Å². The van der Waals surface area contributed by atoms with E-state index in [2.05, 4.69) is 55.6 Å². The summed E-state index contributed by atoms with van der Waals surface area (Å²) in [4.78, 5) is 46.0. The van der Waals surface area contributed by atoms with Gasteiger partial charge in [-0.05, 0) is 70.6 Å². The number of carbonyl (C=O) groups is 3. The second-order valence-electron chi connectivity index (χ2n) is 15.6. The van der Waals surface area contributed by atoms with Gasteiger partial charge in [0.05, 0.1) is 13.2 Å². The lowest BCUT2D eigenvalue weighted by Gasteiger charge is -2.18. The van der Waals surface area contributed by atoms with Crippen LogP contribution in [0.3, 0.4) is 0 Å². The van der Waals surface area contributed by atoms with E-state index in [1.54, 1.807) is 0 Å². The Morgan fingerprint density at radius 2 is 0.948 bits per heavy atom. The number of rotatable bonds is 43. The minimum Gasteiger partial charge on any atom is -0.480 e. The van der Waals surface area contributed by atoms with Gasteiger partial charge in [0.15, 0.2) is 6.04 Å². The molecule has 0 spiro atoms. The summed E-state index contributed by atoms with van der Waals surface area (Å²) in [5.41, 5.74) is 0. The molecule has 0 radical (unpaired) electrons. The summed E-state index contributed by atoms with van der Waals surface area (Å²) in [6.45, 7) is 2.56. The van der Waals surface area contributed by atoms with Crippen LogP contribution >= 0.6 is 7.82 Å². The Bertz CT molecular complexity index is 1130. The number of carboxylic acids is 1. The molecule has 0 aliphatic carbocycles. The van der Waals surface area contributed by atoms with Gasteiger partial charge in [0.25, 0.3) is 0 Å². The van der Waals surface area contributed by atoms with Gasteiger partial charge in [-0.2, -0.15) is 0 Å². The lowest BCUT2D eigenvalue weighted by atomic mass is 10.1. The molecule has 0 rings (SSSR count). The number of aliphatic hydroxyl groups is 1. The van der Waals surface area contributed by atoms with Gasteiger partial charge in [0.2, 0.25) is 5.91 Å². The van der Waals surface area contributed by atoms with E-state index in [9.17, 15) is 34.1 Å². The van der Waals surface area contributed by atoms with E-state index in [-0.39, 0.29) is 12.8 Å². The lowest BCUT2D eigenvalue weighted by molar-refractivity contribution is -0.147. The largest absolute Gasteiger partial charge is 0.480 e. The van der Waals surface area contributed by atoms with Crippen molar-refractivity contribution in [1.82, 2.24) is 5.32 Å². The number of ether oxygens (including phenoxy) is 1. The molecule has 0 aliphatic heterocycles. The standard InChI is InChI=1S/C46H84NO10P/c1-3-5-7-9-11-13-15-17-19-21-23-25-27-29-31-33-35-37-44(49)47-43(46(51)52)41-57-58(53,54)56-40-42(48)39-55-45(50)38-36-34-32-30-28-26-24-22-20-18-16-14-12-10-8-6-4-2/h12,14,17-20,42-43,48H,3-11,13,15-16,21-41H2,1-2H3,(H,47,49)(H,51,52)(H,53,54)/b14-12-,19-17-,20-18-. The topological polar surface area (TPSA) is 169 Å². The predicted molar refractivity (Wildman–Crippen MR) is 236 cm³/mol. The van der Waals surface area contributed by atoms with E-state index in [0.717, 1.165) is 64.2 Å². The number of unbranched alkanes of at least 4 members (excludes halogenated alkanes) is 23. The Kier molecular flexibility index (Phi) is 39.8. The summed E-state index contributed by atoms with van der Waals surface area (Å²) in [5, 5.41) is 21.8. The fourth-order valence-electron chi connectivity index (χ4n) is 6.28. The first-order valence-corrected chi connectivity index (χ1v) is 24.5. The second-order valence-corrected chi connectivity index (χ2v) is 17.0. The molecule has 0 heterocycles. The molecule has 0 aliphatic rings. The number of hydrogen-bond acceptors (Lipinski definition) is 8. The molecule has 4 N–H and O–H groups in total. The van der Waals surface area contributed by atoms with Gasteiger partial charge in [-0.1, -0.05) is 159 Å². The number of nitrogens with one attached hydrogen (secondary N) is 1. The number of carboxylic acid groups (broad SMARTS) is 1. The number of phosphoric ester groups is 1. The zero-order valence-corrected chi connectivity index (χ0v) is 37.5. The van der Waals surface area contributed by atoms with Gasteiger partial charge in [0.1, 0.15) is 12.7 Å². The number of esters is 1.